The first kappa shape index (κ1) is 18.4. The number of nitrogens with one attached hydrogen (secondary N) is 1. The van der Waals surface area contributed by atoms with Gasteiger partial charge in [0.2, 0.25) is 0 Å². The third kappa shape index (κ3) is 3.56. The number of ether oxygens (including phenoxy) is 2. The maximum Gasteiger partial charge on any atom is 0.257 e. The number of nitrogens with zero attached hydrogens (tertiary/aromatic N) is 2. The van der Waals surface area contributed by atoms with E-state index in [1.165, 1.54) is 30.6 Å². The summed E-state index contributed by atoms with van der Waals surface area (Å²) in [6, 6.07) is 12.2. The Kier molecular flexibility index (Phi) is 4.85. The number of anilines is 1. The summed E-state index contributed by atoms with van der Waals surface area (Å²) in [5.41, 5.74) is 2.49. The van der Waals surface area contributed by atoms with Crippen LogP contribution in [0.2, 0.25) is 0 Å². The number of amides is 1. The van der Waals surface area contributed by atoms with E-state index in [4.69, 9.17) is 9.47 Å². The molecule has 1 aliphatic heterocycles. The Labute approximate surface area is 173 Å². The van der Waals surface area contributed by atoms with Gasteiger partial charge in [-0.15, -0.1) is 0 Å². The van der Waals surface area contributed by atoms with Crippen molar-refractivity contribution in [2.75, 3.05) is 25.6 Å². The molecule has 0 saturated heterocycles. The van der Waals surface area contributed by atoms with Gasteiger partial charge in [0.25, 0.3) is 5.91 Å². The van der Waals surface area contributed by atoms with E-state index in [0.29, 0.717) is 29.1 Å². The van der Waals surface area contributed by atoms with Crippen molar-refractivity contribution in [3.05, 3.63) is 47.5 Å². The second-order valence-corrected chi connectivity index (χ2v) is 8.54. The van der Waals surface area contributed by atoms with Crippen molar-refractivity contribution >= 4 is 32.6 Å². The molecule has 29 heavy (non-hydrogen) atoms. The Morgan fingerprint density at radius 1 is 1.31 bits per heavy atom. The van der Waals surface area contributed by atoms with E-state index < -0.39 is 0 Å². The number of rotatable bonds is 4. The Balaban J connectivity index is 1.35. The SMILES string of the molecule is COc1cccc2sc(NC(=O)c3ccc4c(c3)OCCN(C3CCC3)C4)nc12. The maximum absolute atomic E-state index is 12.8. The molecule has 2 heterocycles. The Morgan fingerprint density at radius 3 is 3.00 bits per heavy atom. The molecule has 1 saturated carbocycles. The van der Waals surface area contributed by atoms with Crippen molar-refractivity contribution in [3.63, 3.8) is 0 Å². The summed E-state index contributed by atoms with van der Waals surface area (Å²) < 4.78 is 12.3. The molecular formula is C22H23N3O3S. The van der Waals surface area contributed by atoms with Gasteiger partial charge in [-0.2, -0.15) is 0 Å². The summed E-state index contributed by atoms with van der Waals surface area (Å²) in [4.78, 5) is 19.8. The monoisotopic (exact) mass is 409 g/mol. The topological polar surface area (TPSA) is 63.7 Å². The molecule has 1 aromatic heterocycles. The largest absolute Gasteiger partial charge is 0.494 e. The number of para-hydroxylation sites is 1. The highest BCUT2D eigenvalue weighted by Gasteiger charge is 2.27. The van der Waals surface area contributed by atoms with Crippen LogP contribution >= 0.6 is 11.3 Å². The molecule has 0 atom stereocenters. The zero-order valence-corrected chi connectivity index (χ0v) is 17.1. The molecule has 150 valence electrons. The number of aromatic nitrogens is 1. The molecule has 3 aromatic rings. The molecule has 7 heteroatoms. The molecule has 6 nitrogen and oxygen atoms in total. The van der Waals surface area contributed by atoms with Crippen molar-refractivity contribution < 1.29 is 14.3 Å². The quantitative estimate of drug-likeness (QED) is 0.696. The number of hydrogen-bond donors (Lipinski definition) is 1. The fourth-order valence-electron chi connectivity index (χ4n) is 3.91. The van der Waals surface area contributed by atoms with Gasteiger partial charge < -0.3 is 9.47 Å². The van der Waals surface area contributed by atoms with E-state index in [1.807, 2.05) is 36.4 Å². The predicted molar refractivity (Wildman–Crippen MR) is 114 cm³/mol. The molecule has 1 N–H and O–H groups in total. The summed E-state index contributed by atoms with van der Waals surface area (Å²) in [6.07, 6.45) is 3.89. The lowest BCUT2D eigenvalue weighted by Crippen LogP contribution is -2.40. The van der Waals surface area contributed by atoms with Crippen LogP contribution < -0.4 is 14.8 Å². The van der Waals surface area contributed by atoms with Crippen LogP contribution in [0.1, 0.15) is 35.2 Å². The maximum atomic E-state index is 12.8. The van der Waals surface area contributed by atoms with Crippen LogP contribution in [-0.4, -0.2) is 42.1 Å². The van der Waals surface area contributed by atoms with Gasteiger partial charge >= 0.3 is 0 Å². The number of fused-ring (bicyclic) bond motifs is 2. The van der Waals surface area contributed by atoms with Gasteiger partial charge in [-0.05, 0) is 37.1 Å². The number of benzene rings is 2. The van der Waals surface area contributed by atoms with Crippen LogP contribution in [0, 0.1) is 0 Å². The minimum atomic E-state index is -0.186. The van der Waals surface area contributed by atoms with E-state index in [0.717, 1.165) is 34.6 Å². The summed E-state index contributed by atoms with van der Waals surface area (Å²) in [6.45, 7) is 2.49. The van der Waals surface area contributed by atoms with Crippen LogP contribution in [0.3, 0.4) is 0 Å². The minimum absolute atomic E-state index is 0.186. The molecular weight excluding hydrogens is 386 g/mol. The fraction of sp³-hybridized carbons (Fsp3) is 0.364. The number of carbonyl (C=O) groups is 1. The third-order valence-electron chi connectivity index (χ3n) is 5.75. The molecule has 1 fully saturated rings. The highest BCUT2D eigenvalue weighted by Crippen LogP contribution is 2.33. The highest BCUT2D eigenvalue weighted by atomic mass is 32.1. The first-order valence-electron chi connectivity index (χ1n) is 9.96. The Morgan fingerprint density at radius 2 is 2.21 bits per heavy atom. The first-order valence-corrected chi connectivity index (χ1v) is 10.8. The average molecular weight is 410 g/mol. The number of thiazole rings is 1. The molecule has 2 aromatic carbocycles. The number of hydrogen-bond acceptors (Lipinski definition) is 6. The van der Waals surface area contributed by atoms with Crippen molar-refractivity contribution in [3.8, 4) is 11.5 Å². The average Bonchev–Trinajstić information content (AvgIpc) is 2.98. The molecule has 1 amide bonds. The van der Waals surface area contributed by atoms with Crippen molar-refractivity contribution in [1.82, 2.24) is 9.88 Å². The lowest BCUT2D eigenvalue weighted by molar-refractivity contribution is 0.102. The smallest absolute Gasteiger partial charge is 0.257 e. The lowest BCUT2D eigenvalue weighted by Gasteiger charge is -2.36. The number of methoxy groups -OCH3 is 1. The summed E-state index contributed by atoms with van der Waals surface area (Å²) in [7, 11) is 1.62. The molecule has 5 rings (SSSR count). The van der Waals surface area contributed by atoms with Gasteiger partial charge in [-0.3, -0.25) is 15.0 Å². The minimum Gasteiger partial charge on any atom is -0.494 e. The van der Waals surface area contributed by atoms with Gasteiger partial charge in [0.05, 0.1) is 11.8 Å². The van der Waals surface area contributed by atoms with Crippen LogP contribution in [0.4, 0.5) is 5.13 Å². The van der Waals surface area contributed by atoms with Crippen molar-refractivity contribution in [2.24, 2.45) is 0 Å². The summed E-state index contributed by atoms with van der Waals surface area (Å²) in [5, 5.41) is 3.47. The molecule has 1 aliphatic carbocycles. The van der Waals surface area contributed by atoms with Crippen molar-refractivity contribution in [2.45, 2.75) is 31.8 Å². The normalized spacial score (nSPS) is 17.1. The van der Waals surface area contributed by atoms with Crippen LogP contribution in [0.25, 0.3) is 10.2 Å². The standard InChI is InChI=1S/C22H23N3O3S/c1-27-17-6-3-7-19-20(17)23-22(29-19)24-21(26)14-8-9-15-13-25(16-4-2-5-16)10-11-28-18(15)12-14/h3,6-9,12,16H,2,4-5,10-11,13H2,1H3,(H,23,24,26). The summed E-state index contributed by atoms with van der Waals surface area (Å²) in [5.74, 6) is 1.33. The van der Waals surface area contributed by atoms with Gasteiger partial charge in [0.1, 0.15) is 23.6 Å². The second-order valence-electron chi connectivity index (χ2n) is 7.51. The van der Waals surface area contributed by atoms with E-state index >= 15 is 0 Å². The van der Waals surface area contributed by atoms with Gasteiger partial charge in [0, 0.05) is 30.3 Å². The van der Waals surface area contributed by atoms with Crippen molar-refractivity contribution in [1.29, 1.82) is 0 Å². The Bertz CT molecular complexity index is 1060. The lowest BCUT2D eigenvalue weighted by atomic mass is 9.91. The molecule has 2 aliphatic rings. The zero-order chi connectivity index (χ0) is 19.8. The molecule has 0 bridgehead atoms. The van der Waals surface area contributed by atoms with E-state index in [-0.39, 0.29) is 5.91 Å². The summed E-state index contributed by atoms with van der Waals surface area (Å²) >= 11 is 1.43. The second kappa shape index (κ2) is 7.65. The Hall–Kier alpha value is -2.64. The van der Waals surface area contributed by atoms with E-state index in [1.54, 1.807) is 7.11 Å². The van der Waals surface area contributed by atoms with Gasteiger partial charge in [-0.25, -0.2) is 4.98 Å². The van der Waals surface area contributed by atoms with Crippen LogP contribution in [-0.2, 0) is 6.54 Å². The third-order valence-corrected chi connectivity index (χ3v) is 6.69. The van der Waals surface area contributed by atoms with Crippen LogP contribution in [0.5, 0.6) is 11.5 Å². The molecule has 0 radical (unpaired) electrons. The van der Waals surface area contributed by atoms with E-state index in [2.05, 4.69) is 15.2 Å². The van der Waals surface area contributed by atoms with Gasteiger partial charge in [0.15, 0.2) is 5.13 Å². The van der Waals surface area contributed by atoms with Gasteiger partial charge in [-0.1, -0.05) is 29.9 Å². The molecule has 0 spiro atoms. The highest BCUT2D eigenvalue weighted by molar-refractivity contribution is 7.22. The first-order chi connectivity index (χ1) is 14.2. The van der Waals surface area contributed by atoms with Crippen LogP contribution in [0.15, 0.2) is 36.4 Å². The predicted octanol–water partition coefficient (Wildman–Crippen LogP) is 4.30. The molecule has 0 unspecified atom stereocenters. The number of carbonyl (C=O) groups excluding carboxylic acids is 1. The zero-order valence-electron chi connectivity index (χ0n) is 16.3. The van der Waals surface area contributed by atoms with E-state index in [9.17, 15) is 4.79 Å². The fourth-order valence-corrected chi connectivity index (χ4v) is 4.78.